The summed E-state index contributed by atoms with van der Waals surface area (Å²) in [5.74, 6) is 1.50. The number of nitrogens with one attached hydrogen (secondary N) is 1. The lowest BCUT2D eigenvalue weighted by Crippen LogP contribution is -2.12. The molecule has 0 atom stereocenters. The van der Waals surface area contributed by atoms with Crippen LogP contribution < -0.4 is 14.8 Å². The van der Waals surface area contributed by atoms with Crippen molar-refractivity contribution < 1.29 is 14.3 Å². The molecule has 28 heavy (non-hydrogen) atoms. The van der Waals surface area contributed by atoms with E-state index in [-0.39, 0.29) is 5.91 Å². The maximum atomic E-state index is 12.1. The van der Waals surface area contributed by atoms with Crippen molar-refractivity contribution in [2.75, 3.05) is 12.4 Å². The summed E-state index contributed by atoms with van der Waals surface area (Å²) in [4.78, 5) is 16.3. The van der Waals surface area contributed by atoms with Crippen molar-refractivity contribution in [2.24, 2.45) is 0 Å². The Morgan fingerprint density at radius 3 is 2.61 bits per heavy atom. The number of nitriles is 1. The first-order valence-electron chi connectivity index (χ1n) is 8.74. The number of benzene rings is 2. The molecule has 3 aromatic rings. The SMILES string of the molecule is COc1cc(C#N)ccc1Oc1ccc(NC(=O)CCc2ccccn2)cc1. The Labute approximate surface area is 163 Å². The van der Waals surface area contributed by atoms with Crippen molar-refractivity contribution in [3.63, 3.8) is 0 Å². The average molecular weight is 373 g/mol. The number of methoxy groups -OCH3 is 1. The van der Waals surface area contributed by atoms with Crippen molar-refractivity contribution in [1.82, 2.24) is 4.98 Å². The summed E-state index contributed by atoms with van der Waals surface area (Å²) in [7, 11) is 1.52. The van der Waals surface area contributed by atoms with E-state index < -0.39 is 0 Å². The fraction of sp³-hybridized carbons (Fsp3) is 0.136. The molecule has 0 unspecified atom stereocenters. The van der Waals surface area contributed by atoms with Gasteiger partial charge in [0.05, 0.1) is 18.7 Å². The molecule has 0 bridgehead atoms. The van der Waals surface area contributed by atoms with Gasteiger partial charge in [-0.3, -0.25) is 9.78 Å². The third-order valence-electron chi connectivity index (χ3n) is 3.99. The third kappa shape index (κ3) is 5.08. The number of nitrogens with zero attached hydrogens (tertiary/aromatic N) is 2. The molecular formula is C22H19N3O3. The number of carbonyl (C=O) groups is 1. The Morgan fingerprint density at radius 2 is 1.93 bits per heavy atom. The van der Waals surface area contributed by atoms with Gasteiger partial charge in [-0.05, 0) is 55.0 Å². The highest BCUT2D eigenvalue weighted by atomic mass is 16.5. The normalized spacial score (nSPS) is 10.0. The Morgan fingerprint density at radius 1 is 1.11 bits per heavy atom. The van der Waals surface area contributed by atoms with Gasteiger partial charge in [0, 0.05) is 30.1 Å². The highest BCUT2D eigenvalue weighted by Crippen LogP contribution is 2.32. The predicted octanol–water partition coefficient (Wildman–Crippen LogP) is 4.33. The monoisotopic (exact) mass is 373 g/mol. The van der Waals surface area contributed by atoms with Crippen LogP contribution >= 0.6 is 0 Å². The molecule has 1 N–H and O–H groups in total. The molecule has 1 aromatic heterocycles. The van der Waals surface area contributed by atoms with Crippen LogP contribution in [0, 0.1) is 11.3 Å². The summed E-state index contributed by atoms with van der Waals surface area (Å²) in [5.41, 5.74) is 2.07. The molecule has 6 heteroatoms. The summed E-state index contributed by atoms with van der Waals surface area (Å²) in [5, 5.41) is 11.8. The van der Waals surface area contributed by atoms with E-state index in [2.05, 4.69) is 16.4 Å². The quantitative estimate of drug-likeness (QED) is 0.666. The minimum absolute atomic E-state index is 0.0758. The molecule has 140 valence electrons. The van der Waals surface area contributed by atoms with Crippen LogP contribution in [0.4, 0.5) is 5.69 Å². The second-order valence-corrected chi connectivity index (χ2v) is 5.97. The lowest BCUT2D eigenvalue weighted by Gasteiger charge is -2.11. The smallest absolute Gasteiger partial charge is 0.224 e. The molecule has 6 nitrogen and oxygen atoms in total. The van der Waals surface area contributed by atoms with Gasteiger partial charge >= 0.3 is 0 Å². The van der Waals surface area contributed by atoms with E-state index in [4.69, 9.17) is 14.7 Å². The zero-order valence-electron chi connectivity index (χ0n) is 15.4. The Bertz CT molecular complexity index is 980. The average Bonchev–Trinajstić information content (AvgIpc) is 2.74. The van der Waals surface area contributed by atoms with Crippen LogP contribution in [0.25, 0.3) is 0 Å². The molecule has 2 aromatic carbocycles. The van der Waals surface area contributed by atoms with Crippen LogP contribution in [0.1, 0.15) is 17.7 Å². The van der Waals surface area contributed by atoms with Crippen LogP contribution in [-0.2, 0) is 11.2 Å². The first-order valence-corrected chi connectivity index (χ1v) is 8.74. The number of pyridine rings is 1. The number of rotatable bonds is 7. The summed E-state index contributed by atoms with van der Waals surface area (Å²) < 4.78 is 11.1. The Hall–Kier alpha value is -3.85. The third-order valence-corrected chi connectivity index (χ3v) is 3.99. The Balaban J connectivity index is 1.58. The van der Waals surface area contributed by atoms with E-state index in [1.54, 1.807) is 48.7 Å². The van der Waals surface area contributed by atoms with Crippen molar-refractivity contribution in [3.8, 4) is 23.3 Å². The van der Waals surface area contributed by atoms with Gasteiger partial charge < -0.3 is 14.8 Å². The zero-order chi connectivity index (χ0) is 19.8. The highest BCUT2D eigenvalue weighted by Gasteiger charge is 2.08. The zero-order valence-corrected chi connectivity index (χ0v) is 15.4. The van der Waals surface area contributed by atoms with Crippen molar-refractivity contribution in [1.29, 1.82) is 5.26 Å². The van der Waals surface area contributed by atoms with Gasteiger partial charge in [-0.25, -0.2) is 0 Å². The van der Waals surface area contributed by atoms with Gasteiger partial charge in [0.15, 0.2) is 11.5 Å². The number of hydrogen-bond donors (Lipinski definition) is 1. The van der Waals surface area contributed by atoms with Gasteiger partial charge in [0.1, 0.15) is 5.75 Å². The second kappa shape index (κ2) is 9.19. The van der Waals surface area contributed by atoms with Gasteiger partial charge in [0.25, 0.3) is 0 Å². The fourth-order valence-electron chi connectivity index (χ4n) is 2.57. The molecule has 0 aliphatic rings. The molecule has 0 radical (unpaired) electrons. The maximum Gasteiger partial charge on any atom is 0.224 e. The number of carbonyl (C=O) groups excluding carboxylic acids is 1. The first-order chi connectivity index (χ1) is 13.7. The maximum absolute atomic E-state index is 12.1. The molecule has 0 fully saturated rings. The number of ether oxygens (including phenoxy) is 2. The molecule has 0 spiro atoms. The number of aryl methyl sites for hydroxylation is 1. The van der Waals surface area contributed by atoms with E-state index >= 15 is 0 Å². The van der Waals surface area contributed by atoms with E-state index in [0.717, 1.165) is 5.69 Å². The molecule has 0 aliphatic carbocycles. The molecule has 0 saturated carbocycles. The van der Waals surface area contributed by atoms with E-state index in [9.17, 15) is 4.79 Å². The minimum Gasteiger partial charge on any atom is -0.493 e. The largest absolute Gasteiger partial charge is 0.493 e. The molecule has 0 aliphatic heterocycles. The predicted molar refractivity (Wildman–Crippen MR) is 105 cm³/mol. The standard InChI is InChI=1S/C22H19N3O3/c1-27-21-14-16(15-23)5-11-20(21)28-19-9-6-18(7-10-19)25-22(26)12-8-17-4-2-3-13-24-17/h2-7,9-11,13-14H,8,12H2,1H3,(H,25,26). The number of hydrogen-bond acceptors (Lipinski definition) is 5. The molecule has 3 rings (SSSR count). The Kier molecular flexibility index (Phi) is 6.21. The first kappa shape index (κ1) is 18.9. The van der Waals surface area contributed by atoms with E-state index in [0.29, 0.717) is 41.3 Å². The summed E-state index contributed by atoms with van der Waals surface area (Å²) in [6.45, 7) is 0. The fourth-order valence-corrected chi connectivity index (χ4v) is 2.57. The number of amides is 1. The van der Waals surface area contributed by atoms with Crippen LogP contribution in [0.15, 0.2) is 66.9 Å². The van der Waals surface area contributed by atoms with Gasteiger partial charge in [-0.2, -0.15) is 5.26 Å². The number of anilines is 1. The highest BCUT2D eigenvalue weighted by molar-refractivity contribution is 5.90. The van der Waals surface area contributed by atoms with Crippen molar-refractivity contribution >= 4 is 11.6 Å². The van der Waals surface area contributed by atoms with Crippen LogP contribution in [0.3, 0.4) is 0 Å². The van der Waals surface area contributed by atoms with E-state index in [1.165, 1.54) is 7.11 Å². The van der Waals surface area contributed by atoms with Crippen LogP contribution in [0.2, 0.25) is 0 Å². The number of aromatic nitrogens is 1. The van der Waals surface area contributed by atoms with Crippen molar-refractivity contribution in [3.05, 3.63) is 78.1 Å². The lowest BCUT2D eigenvalue weighted by atomic mass is 10.2. The van der Waals surface area contributed by atoms with Crippen molar-refractivity contribution in [2.45, 2.75) is 12.8 Å². The molecule has 1 amide bonds. The summed E-state index contributed by atoms with van der Waals surface area (Å²) in [6.07, 6.45) is 2.67. The van der Waals surface area contributed by atoms with Crippen LogP contribution in [0.5, 0.6) is 17.2 Å². The lowest BCUT2D eigenvalue weighted by molar-refractivity contribution is -0.116. The summed E-state index contributed by atoms with van der Waals surface area (Å²) in [6, 6.07) is 19.7. The van der Waals surface area contributed by atoms with Gasteiger partial charge in [-0.15, -0.1) is 0 Å². The topological polar surface area (TPSA) is 84.2 Å². The molecule has 0 saturated heterocycles. The minimum atomic E-state index is -0.0758. The van der Waals surface area contributed by atoms with Gasteiger partial charge in [0.2, 0.25) is 5.91 Å². The molecule has 1 heterocycles. The summed E-state index contributed by atoms with van der Waals surface area (Å²) >= 11 is 0. The van der Waals surface area contributed by atoms with Gasteiger partial charge in [-0.1, -0.05) is 6.07 Å². The van der Waals surface area contributed by atoms with E-state index in [1.807, 2.05) is 18.2 Å². The van der Waals surface area contributed by atoms with Crippen LogP contribution in [-0.4, -0.2) is 18.0 Å². The second-order valence-electron chi connectivity index (χ2n) is 5.97. The molecular weight excluding hydrogens is 354 g/mol.